The predicted molar refractivity (Wildman–Crippen MR) is 100 cm³/mol. The van der Waals surface area contributed by atoms with Crippen LogP contribution < -0.4 is 5.73 Å². The van der Waals surface area contributed by atoms with Gasteiger partial charge in [-0.15, -0.1) is 0 Å². The van der Waals surface area contributed by atoms with Gasteiger partial charge in [0.05, 0.1) is 0 Å². The zero-order chi connectivity index (χ0) is 14.0. The Morgan fingerprint density at radius 2 is 0.667 bits per heavy atom. The van der Waals surface area contributed by atoms with Crippen molar-refractivity contribution >= 4 is 59.1 Å². The van der Waals surface area contributed by atoms with Gasteiger partial charge >= 0.3 is 0 Å². The zero-order valence-corrected chi connectivity index (χ0v) is 19.6. The summed E-state index contributed by atoms with van der Waals surface area (Å²) in [5, 5.41) is 0. The van der Waals surface area contributed by atoms with Crippen LogP contribution in [0.1, 0.15) is 110 Å². The summed E-state index contributed by atoms with van der Waals surface area (Å²) in [6.45, 7) is 3.16. The monoisotopic (exact) mass is 315 g/mol. The van der Waals surface area contributed by atoms with E-state index in [2.05, 4.69) is 6.92 Å². The van der Waals surface area contributed by atoms with Gasteiger partial charge in [0.25, 0.3) is 0 Å². The molecule has 1 nitrogen and oxygen atoms in total. The first-order valence-electron chi connectivity index (χ1n) is 9.12. The van der Waals surface area contributed by atoms with Crippen LogP contribution in [0.4, 0.5) is 0 Å². The second kappa shape index (κ2) is 26.8. The van der Waals surface area contributed by atoms with Crippen LogP contribution in [0.5, 0.6) is 0 Å². The van der Waals surface area contributed by atoms with Crippen molar-refractivity contribution in [3.8, 4) is 0 Å². The van der Waals surface area contributed by atoms with E-state index in [4.69, 9.17) is 5.73 Å². The fourth-order valence-electron chi connectivity index (χ4n) is 2.69. The van der Waals surface area contributed by atoms with E-state index in [1.54, 1.807) is 0 Å². The molecule has 21 heavy (non-hydrogen) atoms. The standard InChI is InChI=1S/C18H39N.2Na/c1-2-3-4-5-6-7-8-9-10-11-12-13-14-15-16-17-18-19;;/h2-19H2,1H3;;. The second-order valence-electron chi connectivity index (χ2n) is 6.09. The Morgan fingerprint density at radius 1 is 0.429 bits per heavy atom. The molecule has 0 aliphatic heterocycles. The molecule has 0 unspecified atom stereocenters. The van der Waals surface area contributed by atoms with Gasteiger partial charge in [0, 0.05) is 59.1 Å². The van der Waals surface area contributed by atoms with Gasteiger partial charge in [0.1, 0.15) is 0 Å². The average Bonchev–Trinajstić information content (AvgIpc) is 2.43. The molecule has 0 aromatic carbocycles. The van der Waals surface area contributed by atoms with E-state index in [9.17, 15) is 0 Å². The molecule has 0 atom stereocenters. The van der Waals surface area contributed by atoms with E-state index >= 15 is 0 Å². The Kier molecular flexibility index (Phi) is 35.5. The van der Waals surface area contributed by atoms with Gasteiger partial charge in [-0.3, -0.25) is 0 Å². The molecule has 0 saturated carbocycles. The molecule has 0 aliphatic rings. The van der Waals surface area contributed by atoms with E-state index in [0.717, 1.165) is 6.54 Å². The first-order valence-corrected chi connectivity index (χ1v) is 9.12. The molecule has 0 heterocycles. The minimum Gasteiger partial charge on any atom is -0.330 e. The Balaban J connectivity index is -0.00000162. The third kappa shape index (κ3) is 27.1. The van der Waals surface area contributed by atoms with Crippen LogP contribution in [-0.2, 0) is 0 Å². The van der Waals surface area contributed by atoms with Crippen LogP contribution >= 0.6 is 0 Å². The fraction of sp³-hybridized carbons (Fsp3) is 1.00. The largest absolute Gasteiger partial charge is 0.330 e. The minimum absolute atomic E-state index is 0. The molecule has 118 valence electrons. The maximum absolute atomic E-state index is 5.48. The van der Waals surface area contributed by atoms with Crippen molar-refractivity contribution in [2.24, 2.45) is 5.73 Å². The molecule has 3 heteroatoms. The summed E-state index contributed by atoms with van der Waals surface area (Å²) in [6, 6.07) is 0. The molecule has 0 spiro atoms. The van der Waals surface area contributed by atoms with E-state index < -0.39 is 0 Å². The van der Waals surface area contributed by atoms with Crippen LogP contribution in [0.3, 0.4) is 0 Å². The van der Waals surface area contributed by atoms with Crippen molar-refractivity contribution < 1.29 is 0 Å². The van der Waals surface area contributed by atoms with Gasteiger partial charge in [-0.1, -0.05) is 103 Å². The van der Waals surface area contributed by atoms with Crippen LogP contribution in [0.25, 0.3) is 0 Å². The third-order valence-electron chi connectivity index (χ3n) is 4.06. The number of rotatable bonds is 16. The summed E-state index contributed by atoms with van der Waals surface area (Å²) in [7, 11) is 0. The van der Waals surface area contributed by atoms with Crippen molar-refractivity contribution in [2.75, 3.05) is 6.54 Å². The van der Waals surface area contributed by atoms with Gasteiger partial charge in [0.2, 0.25) is 0 Å². The summed E-state index contributed by atoms with van der Waals surface area (Å²) < 4.78 is 0. The quantitative estimate of drug-likeness (QED) is 0.298. The molecule has 0 saturated heterocycles. The molecule has 0 aliphatic carbocycles. The molecule has 2 N–H and O–H groups in total. The number of unbranched alkanes of at least 4 members (excludes halogenated alkanes) is 15. The van der Waals surface area contributed by atoms with Crippen LogP contribution in [-0.4, -0.2) is 65.7 Å². The molecule has 0 fully saturated rings. The third-order valence-corrected chi connectivity index (χ3v) is 4.06. The molecule has 2 radical (unpaired) electrons. The summed E-state index contributed by atoms with van der Waals surface area (Å²) in [5.74, 6) is 0. The Labute approximate surface area is 179 Å². The first kappa shape index (κ1) is 27.8. The van der Waals surface area contributed by atoms with Crippen LogP contribution in [0, 0.1) is 0 Å². The van der Waals surface area contributed by atoms with Crippen LogP contribution in [0.2, 0.25) is 0 Å². The summed E-state index contributed by atoms with van der Waals surface area (Å²) in [6.07, 6.45) is 22.9. The van der Waals surface area contributed by atoms with Gasteiger partial charge in [-0.2, -0.15) is 0 Å². The summed E-state index contributed by atoms with van der Waals surface area (Å²) in [4.78, 5) is 0. The first-order chi connectivity index (χ1) is 9.41. The Bertz CT molecular complexity index is 138. The van der Waals surface area contributed by atoms with Crippen LogP contribution in [0.15, 0.2) is 0 Å². The maximum Gasteiger partial charge on any atom is 0 e. The molecular formula is C18H39NNa2. The maximum atomic E-state index is 5.48. The van der Waals surface area contributed by atoms with Gasteiger partial charge in [-0.05, 0) is 13.0 Å². The fourth-order valence-corrected chi connectivity index (χ4v) is 2.69. The topological polar surface area (TPSA) is 26.0 Å². The molecule has 0 aromatic rings. The second-order valence-corrected chi connectivity index (χ2v) is 6.09. The van der Waals surface area contributed by atoms with Gasteiger partial charge in [0.15, 0.2) is 0 Å². The molecule has 0 bridgehead atoms. The van der Waals surface area contributed by atoms with Crippen molar-refractivity contribution in [3.63, 3.8) is 0 Å². The minimum atomic E-state index is 0. The molecule has 0 aromatic heterocycles. The molecular weight excluding hydrogens is 276 g/mol. The van der Waals surface area contributed by atoms with E-state index in [1.807, 2.05) is 0 Å². The smallest absolute Gasteiger partial charge is 0 e. The normalized spacial score (nSPS) is 10.0. The predicted octanol–water partition coefficient (Wildman–Crippen LogP) is 5.45. The van der Waals surface area contributed by atoms with Crippen molar-refractivity contribution in [2.45, 2.75) is 110 Å². The number of hydrogen-bond acceptors (Lipinski definition) is 1. The summed E-state index contributed by atoms with van der Waals surface area (Å²) in [5.41, 5.74) is 5.48. The van der Waals surface area contributed by atoms with E-state index in [0.29, 0.717) is 0 Å². The van der Waals surface area contributed by atoms with Gasteiger partial charge in [-0.25, -0.2) is 0 Å². The Hall–Kier alpha value is 1.96. The number of nitrogens with two attached hydrogens (primary N) is 1. The zero-order valence-electron chi connectivity index (χ0n) is 15.6. The van der Waals surface area contributed by atoms with Crippen molar-refractivity contribution in [3.05, 3.63) is 0 Å². The molecule has 0 amide bonds. The molecule has 0 rings (SSSR count). The average molecular weight is 315 g/mol. The number of hydrogen-bond donors (Lipinski definition) is 1. The SMILES string of the molecule is CCCCCCCCCCCCCCCCCCN.[Na].[Na]. The van der Waals surface area contributed by atoms with Crippen molar-refractivity contribution in [1.29, 1.82) is 0 Å². The van der Waals surface area contributed by atoms with E-state index in [-0.39, 0.29) is 59.1 Å². The van der Waals surface area contributed by atoms with E-state index in [1.165, 1.54) is 103 Å². The van der Waals surface area contributed by atoms with Gasteiger partial charge < -0.3 is 5.73 Å². The van der Waals surface area contributed by atoms with Crippen molar-refractivity contribution in [1.82, 2.24) is 0 Å². The summed E-state index contributed by atoms with van der Waals surface area (Å²) >= 11 is 0. The Morgan fingerprint density at radius 3 is 0.905 bits per heavy atom.